The van der Waals surface area contributed by atoms with Gasteiger partial charge in [-0.2, -0.15) is 0 Å². The summed E-state index contributed by atoms with van der Waals surface area (Å²) in [4.78, 5) is 16.9. The number of aromatic nitrogens is 2. The van der Waals surface area contributed by atoms with Gasteiger partial charge in [0.15, 0.2) is 17.3 Å². The number of nitrogens with zero attached hydrogens (tertiary/aromatic N) is 4. The summed E-state index contributed by atoms with van der Waals surface area (Å²) >= 11 is 0. The number of rotatable bonds is 8. The maximum atomic E-state index is 12.7. The van der Waals surface area contributed by atoms with Gasteiger partial charge in [-0.25, -0.2) is 0 Å². The molecular formula is C26H36N4O4. The molecule has 0 atom stereocenters. The van der Waals surface area contributed by atoms with Crippen molar-refractivity contribution >= 4 is 11.7 Å². The largest absolute Gasteiger partial charge is 0.493 e. The maximum Gasteiger partial charge on any atom is 0.222 e. The molecule has 1 saturated carbocycles. The summed E-state index contributed by atoms with van der Waals surface area (Å²) in [6.45, 7) is 3.01. The average Bonchev–Trinajstić information content (AvgIpc) is 2.91. The highest BCUT2D eigenvalue weighted by Crippen LogP contribution is 2.40. The third-order valence-corrected chi connectivity index (χ3v) is 7.06. The summed E-state index contributed by atoms with van der Waals surface area (Å²) < 4.78 is 16.3. The van der Waals surface area contributed by atoms with Crippen LogP contribution in [0, 0.1) is 5.92 Å². The minimum Gasteiger partial charge on any atom is -0.493 e. The van der Waals surface area contributed by atoms with Crippen molar-refractivity contribution in [2.45, 2.75) is 44.9 Å². The standard InChI is InChI=1S/C26H36N4O4/c1-32-22-17-20(18-23(33-2)26(22)34-3)21-10-11-24(28-27-21)29-13-15-30(16-14-29)25(31)12-9-19-7-5-4-6-8-19/h10-11,17-19H,4-9,12-16H2,1-3H3. The highest BCUT2D eigenvalue weighted by molar-refractivity contribution is 5.76. The summed E-state index contributed by atoms with van der Waals surface area (Å²) in [7, 11) is 4.77. The predicted molar refractivity (Wildman–Crippen MR) is 132 cm³/mol. The molecule has 0 unspecified atom stereocenters. The number of benzene rings is 1. The van der Waals surface area contributed by atoms with E-state index in [1.807, 2.05) is 29.2 Å². The lowest BCUT2D eigenvalue weighted by molar-refractivity contribution is -0.131. The third-order valence-electron chi connectivity index (χ3n) is 7.06. The van der Waals surface area contributed by atoms with Crippen molar-refractivity contribution < 1.29 is 19.0 Å². The molecule has 1 aliphatic carbocycles. The number of anilines is 1. The van der Waals surface area contributed by atoms with Crippen LogP contribution in [0.15, 0.2) is 24.3 Å². The van der Waals surface area contributed by atoms with Crippen LogP contribution in [-0.4, -0.2) is 68.5 Å². The second-order valence-electron chi connectivity index (χ2n) is 9.10. The molecule has 2 heterocycles. The second-order valence-corrected chi connectivity index (χ2v) is 9.10. The van der Waals surface area contributed by atoms with Crippen LogP contribution in [0.25, 0.3) is 11.3 Å². The lowest BCUT2D eigenvalue weighted by Gasteiger charge is -2.35. The number of carbonyl (C=O) groups is 1. The van der Waals surface area contributed by atoms with Crippen LogP contribution in [0.4, 0.5) is 5.82 Å². The van der Waals surface area contributed by atoms with Gasteiger partial charge >= 0.3 is 0 Å². The first-order chi connectivity index (χ1) is 16.6. The Hall–Kier alpha value is -3.03. The lowest BCUT2D eigenvalue weighted by Crippen LogP contribution is -2.49. The SMILES string of the molecule is COc1cc(-c2ccc(N3CCN(C(=O)CCC4CCCCC4)CC3)nn2)cc(OC)c1OC. The lowest BCUT2D eigenvalue weighted by atomic mass is 9.86. The van der Waals surface area contributed by atoms with Crippen LogP contribution < -0.4 is 19.1 Å². The van der Waals surface area contributed by atoms with Gasteiger partial charge in [0.1, 0.15) is 0 Å². The van der Waals surface area contributed by atoms with Crippen molar-refractivity contribution in [3.05, 3.63) is 24.3 Å². The Balaban J connectivity index is 1.34. The van der Waals surface area contributed by atoms with Gasteiger partial charge in [-0.15, -0.1) is 10.2 Å². The number of hydrogen-bond donors (Lipinski definition) is 0. The molecule has 0 spiro atoms. The molecule has 4 rings (SSSR count). The Kier molecular flexibility index (Phi) is 8.08. The Morgan fingerprint density at radius 3 is 2.15 bits per heavy atom. The van der Waals surface area contributed by atoms with Gasteiger partial charge in [0, 0.05) is 38.2 Å². The molecule has 1 aromatic heterocycles. The van der Waals surface area contributed by atoms with Crippen LogP contribution in [0.1, 0.15) is 44.9 Å². The summed E-state index contributed by atoms with van der Waals surface area (Å²) in [5.74, 6) is 3.57. The van der Waals surface area contributed by atoms with Gasteiger partial charge in [-0.3, -0.25) is 4.79 Å². The van der Waals surface area contributed by atoms with E-state index in [1.54, 1.807) is 21.3 Å². The minimum atomic E-state index is 0.300. The molecule has 184 valence electrons. The molecule has 1 saturated heterocycles. The Labute approximate surface area is 202 Å². The van der Waals surface area contributed by atoms with Gasteiger partial charge < -0.3 is 24.0 Å². The molecule has 0 bridgehead atoms. The molecule has 1 aromatic carbocycles. The molecule has 8 nitrogen and oxygen atoms in total. The smallest absolute Gasteiger partial charge is 0.222 e. The fourth-order valence-electron chi connectivity index (χ4n) is 5.02. The van der Waals surface area contributed by atoms with Gasteiger partial charge in [-0.05, 0) is 36.6 Å². The number of methoxy groups -OCH3 is 3. The highest BCUT2D eigenvalue weighted by atomic mass is 16.5. The van der Waals surface area contributed by atoms with Crippen LogP contribution in [0.2, 0.25) is 0 Å². The number of ether oxygens (including phenoxy) is 3. The summed E-state index contributed by atoms with van der Waals surface area (Å²) in [6.07, 6.45) is 8.35. The average molecular weight is 469 g/mol. The van der Waals surface area contributed by atoms with Crippen molar-refractivity contribution in [3.63, 3.8) is 0 Å². The highest BCUT2D eigenvalue weighted by Gasteiger charge is 2.23. The van der Waals surface area contributed by atoms with Crippen LogP contribution >= 0.6 is 0 Å². The molecule has 1 amide bonds. The van der Waals surface area contributed by atoms with Crippen LogP contribution in [0.3, 0.4) is 0 Å². The zero-order valence-corrected chi connectivity index (χ0v) is 20.6. The first kappa shape index (κ1) is 24.1. The van der Waals surface area contributed by atoms with E-state index in [9.17, 15) is 4.79 Å². The van der Waals surface area contributed by atoms with Crippen LogP contribution in [0.5, 0.6) is 17.2 Å². The third kappa shape index (κ3) is 5.54. The molecule has 2 fully saturated rings. The van der Waals surface area contributed by atoms with E-state index in [1.165, 1.54) is 32.1 Å². The van der Waals surface area contributed by atoms with Crippen molar-refractivity contribution in [1.29, 1.82) is 0 Å². The Morgan fingerprint density at radius 2 is 1.59 bits per heavy atom. The normalized spacial score (nSPS) is 16.9. The minimum absolute atomic E-state index is 0.300. The van der Waals surface area contributed by atoms with E-state index in [0.29, 0.717) is 29.6 Å². The van der Waals surface area contributed by atoms with Crippen molar-refractivity contribution in [3.8, 4) is 28.5 Å². The quantitative estimate of drug-likeness (QED) is 0.575. The second kappa shape index (κ2) is 11.4. The van der Waals surface area contributed by atoms with E-state index in [0.717, 1.165) is 55.6 Å². The summed E-state index contributed by atoms with van der Waals surface area (Å²) in [5.41, 5.74) is 1.56. The van der Waals surface area contributed by atoms with Crippen molar-refractivity contribution in [1.82, 2.24) is 15.1 Å². The first-order valence-electron chi connectivity index (χ1n) is 12.3. The molecule has 2 aliphatic rings. The van der Waals surface area contributed by atoms with Crippen LogP contribution in [-0.2, 0) is 4.79 Å². The topological polar surface area (TPSA) is 77.0 Å². The molecule has 1 aliphatic heterocycles. The van der Waals surface area contributed by atoms with E-state index < -0.39 is 0 Å². The first-order valence-corrected chi connectivity index (χ1v) is 12.3. The summed E-state index contributed by atoms with van der Waals surface area (Å²) in [5, 5.41) is 8.90. The Morgan fingerprint density at radius 1 is 0.912 bits per heavy atom. The van der Waals surface area contributed by atoms with Gasteiger partial charge in [-0.1, -0.05) is 32.1 Å². The number of hydrogen-bond acceptors (Lipinski definition) is 7. The van der Waals surface area contributed by atoms with E-state index in [4.69, 9.17) is 14.2 Å². The molecule has 34 heavy (non-hydrogen) atoms. The van der Waals surface area contributed by atoms with Crippen molar-refractivity contribution in [2.75, 3.05) is 52.4 Å². The molecule has 8 heteroatoms. The van der Waals surface area contributed by atoms with Crippen molar-refractivity contribution in [2.24, 2.45) is 5.92 Å². The number of piperazine rings is 1. The fraction of sp³-hybridized carbons (Fsp3) is 0.577. The van der Waals surface area contributed by atoms with Gasteiger partial charge in [0.25, 0.3) is 0 Å². The zero-order chi connectivity index (χ0) is 23.9. The molecule has 0 N–H and O–H groups in total. The zero-order valence-electron chi connectivity index (χ0n) is 20.6. The number of amides is 1. The predicted octanol–water partition coefficient (Wildman–Crippen LogP) is 4.18. The van der Waals surface area contributed by atoms with E-state index >= 15 is 0 Å². The monoisotopic (exact) mass is 468 g/mol. The van der Waals surface area contributed by atoms with Gasteiger partial charge in [0.05, 0.1) is 27.0 Å². The Bertz CT molecular complexity index is 927. The maximum absolute atomic E-state index is 12.7. The van der Waals surface area contributed by atoms with E-state index in [2.05, 4.69) is 15.1 Å². The summed E-state index contributed by atoms with van der Waals surface area (Å²) in [6, 6.07) is 7.66. The fourth-order valence-corrected chi connectivity index (χ4v) is 5.02. The number of carbonyl (C=O) groups excluding carboxylic acids is 1. The van der Waals surface area contributed by atoms with Gasteiger partial charge in [0.2, 0.25) is 11.7 Å². The molecular weight excluding hydrogens is 432 g/mol. The molecule has 2 aromatic rings. The molecule has 0 radical (unpaired) electrons. The van der Waals surface area contributed by atoms with E-state index in [-0.39, 0.29) is 0 Å².